The lowest BCUT2D eigenvalue weighted by molar-refractivity contribution is -0.0939. The Morgan fingerprint density at radius 1 is 1.56 bits per heavy atom. The van der Waals surface area contributed by atoms with Gasteiger partial charge in [-0.05, 0) is 32.6 Å². The summed E-state index contributed by atoms with van der Waals surface area (Å²) in [4.78, 5) is 4.38. The van der Waals surface area contributed by atoms with Gasteiger partial charge in [0.2, 0.25) is 0 Å². The first-order valence-electron chi connectivity index (χ1n) is 6.98. The second-order valence-corrected chi connectivity index (χ2v) is 6.11. The molecule has 1 aromatic rings. The van der Waals surface area contributed by atoms with E-state index in [1.807, 2.05) is 11.6 Å². The van der Waals surface area contributed by atoms with Crippen molar-refractivity contribution in [2.45, 2.75) is 64.1 Å². The van der Waals surface area contributed by atoms with E-state index in [0.29, 0.717) is 12.1 Å². The van der Waals surface area contributed by atoms with Crippen molar-refractivity contribution in [2.75, 3.05) is 6.61 Å². The van der Waals surface area contributed by atoms with Gasteiger partial charge in [-0.15, -0.1) is 11.3 Å². The molecule has 2 unspecified atom stereocenters. The maximum Gasteiger partial charge on any atom is 0.109 e. The molecule has 1 N–H and O–H groups in total. The standard InChI is InChI=1S/C14H24N2OS/c1-4-14(5-2)10-12(6-8-17-14)16-11(3)13-15-7-9-18-13/h7,9,11-12,16H,4-6,8,10H2,1-3H3. The average Bonchev–Trinajstić information content (AvgIpc) is 2.93. The zero-order valence-corrected chi connectivity index (χ0v) is 12.4. The molecule has 102 valence electrons. The van der Waals surface area contributed by atoms with Crippen LogP contribution in [0, 0.1) is 0 Å². The Morgan fingerprint density at radius 3 is 2.94 bits per heavy atom. The van der Waals surface area contributed by atoms with E-state index in [1.54, 1.807) is 11.3 Å². The van der Waals surface area contributed by atoms with Crippen LogP contribution >= 0.6 is 11.3 Å². The Hall–Kier alpha value is -0.450. The zero-order valence-electron chi connectivity index (χ0n) is 11.6. The molecule has 0 radical (unpaired) electrons. The summed E-state index contributed by atoms with van der Waals surface area (Å²) in [7, 11) is 0. The van der Waals surface area contributed by atoms with Gasteiger partial charge in [-0.25, -0.2) is 4.98 Å². The van der Waals surface area contributed by atoms with Crippen molar-refractivity contribution in [1.82, 2.24) is 10.3 Å². The van der Waals surface area contributed by atoms with Gasteiger partial charge >= 0.3 is 0 Å². The molecular weight excluding hydrogens is 244 g/mol. The summed E-state index contributed by atoms with van der Waals surface area (Å²) in [5.74, 6) is 0. The lowest BCUT2D eigenvalue weighted by atomic mass is 9.85. The Labute approximate surface area is 114 Å². The van der Waals surface area contributed by atoms with Crippen LogP contribution in [0.2, 0.25) is 0 Å². The predicted octanol–water partition coefficient (Wildman–Crippen LogP) is 3.53. The van der Waals surface area contributed by atoms with Gasteiger partial charge in [-0.1, -0.05) is 13.8 Å². The van der Waals surface area contributed by atoms with Crippen LogP contribution in [0.1, 0.15) is 57.5 Å². The third-order valence-corrected chi connectivity index (χ3v) is 5.05. The van der Waals surface area contributed by atoms with Gasteiger partial charge in [0, 0.05) is 24.2 Å². The maximum atomic E-state index is 6.01. The molecule has 0 spiro atoms. The van der Waals surface area contributed by atoms with Crippen molar-refractivity contribution in [3.63, 3.8) is 0 Å². The first kappa shape index (κ1) is 14.0. The van der Waals surface area contributed by atoms with E-state index in [2.05, 4.69) is 31.1 Å². The maximum absolute atomic E-state index is 6.01. The van der Waals surface area contributed by atoms with Crippen molar-refractivity contribution in [1.29, 1.82) is 0 Å². The van der Waals surface area contributed by atoms with Crippen LogP contribution in [-0.4, -0.2) is 23.2 Å². The zero-order chi connectivity index (χ0) is 13.0. The van der Waals surface area contributed by atoms with Crippen LogP contribution in [0.25, 0.3) is 0 Å². The SMILES string of the molecule is CCC1(CC)CC(NC(C)c2nccs2)CCO1. The normalized spacial score (nSPS) is 24.9. The molecule has 3 nitrogen and oxygen atoms in total. The van der Waals surface area contributed by atoms with Gasteiger partial charge < -0.3 is 10.1 Å². The fraction of sp³-hybridized carbons (Fsp3) is 0.786. The van der Waals surface area contributed by atoms with E-state index in [4.69, 9.17) is 4.74 Å². The second-order valence-electron chi connectivity index (χ2n) is 5.19. The van der Waals surface area contributed by atoms with Crippen LogP contribution in [0.3, 0.4) is 0 Å². The van der Waals surface area contributed by atoms with E-state index in [0.717, 1.165) is 32.3 Å². The second kappa shape index (κ2) is 6.13. The van der Waals surface area contributed by atoms with Gasteiger partial charge in [-0.3, -0.25) is 0 Å². The van der Waals surface area contributed by atoms with Crippen LogP contribution in [0.4, 0.5) is 0 Å². The third-order valence-electron chi connectivity index (χ3n) is 4.09. The topological polar surface area (TPSA) is 34.2 Å². The van der Waals surface area contributed by atoms with Crippen LogP contribution in [0.5, 0.6) is 0 Å². The molecule has 0 aliphatic carbocycles. The predicted molar refractivity (Wildman–Crippen MR) is 76.0 cm³/mol. The Balaban J connectivity index is 1.93. The number of aromatic nitrogens is 1. The molecule has 2 atom stereocenters. The number of hydrogen-bond acceptors (Lipinski definition) is 4. The average molecular weight is 268 g/mol. The number of thiazole rings is 1. The number of nitrogens with one attached hydrogen (secondary N) is 1. The molecule has 4 heteroatoms. The first-order chi connectivity index (χ1) is 8.69. The molecule has 18 heavy (non-hydrogen) atoms. The molecule has 0 bridgehead atoms. The van der Waals surface area contributed by atoms with Crippen molar-refractivity contribution in [3.05, 3.63) is 16.6 Å². The quantitative estimate of drug-likeness (QED) is 0.887. The van der Waals surface area contributed by atoms with Crippen LogP contribution in [-0.2, 0) is 4.74 Å². The van der Waals surface area contributed by atoms with Gasteiger partial charge in [0.15, 0.2) is 0 Å². The molecule has 1 aliphatic heterocycles. The van der Waals surface area contributed by atoms with Gasteiger partial charge in [0.1, 0.15) is 5.01 Å². The number of nitrogens with zero attached hydrogens (tertiary/aromatic N) is 1. The molecule has 2 heterocycles. The highest BCUT2D eigenvalue weighted by Gasteiger charge is 2.34. The minimum absolute atomic E-state index is 0.0957. The van der Waals surface area contributed by atoms with E-state index >= 15 is 0 Å². The summed E-state index contributed by atoms with van der Waals surface area (Å²) < 4.78 is 6.01. The molecule has 0 amide bonds. The summed E-state index contributed by atoms with van der Waals surface area (Å²) in [6, 6.07) is 0.900. The number of rotatable bonds is 5. The van der Waals surface area contributed by atoms with Crippen molar-refractivity contribution >= 4 is 11.3 Å². The lowest BCUT2D eigenvalue weighted by Gasteiger charge is -2.41. The molecular formula is C14H24N2OS. The van der Waals surface area contributed by atoms with Crippen molar-refractivity contribution in [3.8, 4) is 0 Å². The monoisotopic (exact) mass is 268 g/mol. The molecule has 0 saturated carbocycles. The summed E-state index contributed by atoms with van der Waals surface area (Å²) in [6.45, 7) is 7.55. The highest BCUT2D eigenvalue weighted by Crippen LogP contribution is 2.32. The first-order valence-corrected chi connectivity index (χ1v) is 7.86. The highest BCUT2D eigenvalue weighted by atomic mass is 32.1. The van der Waals surface area contributed by atoms with Crippen LogP contribution in [0.15, 0.2) is 11.6 Å². The third kappa shape index (κ3) is 3.11. The summed E-state index contributed by atoms with van der Waals surface area (Å²) in [5, 5.41) is 6.93. The Bertz CT molecular complexity index is 349. The van der Waals surface area contributed by atoms with Gasteiger partial charge in [-0.2, -0.15) is 0 Å². The minimum atomic E-state index is 0.0957. The fourth-order valence-electron chi connectivity index (χ4n) is 2.79. The van der Waals surface area contributed by atoms with Crippen LogP contribution < -0.4 is 5.32 Å². The Morgan fingerprint density at radius 2 is 2.33 bits per heavy atom. The van der Waals surface area contributed by atoms with E-state index in [1.165, 1.54) is 5.01 Å². The van der Waals surface area contributed by atoms with E-state index in [-0.39, 0.29) is 5.60 Å². The van der Waals surface area contributed by atoms with Gasteiger partial charge in [0.05, 0.1) is 11.6 Å². The molecule has 0 aromatic carbocycles. The summed E-state index contributed by atoms with van der Waals surface area (Å²) in [5.41, 5.74) is 0.0957. The smallest absolute Gasteiger partial charge is 0.109 e. The Kier molecular flexibility index (Phi) is 4.76. The number of ether oxygens (including phenoxy) is 1. The highest BCUT2D eigenvalue weighted by molar-refractivity contribution is 7.09. The molecule has 1 aliphatic rings. The fourth-order valence-corrected chi connectivity index (χ4v) is 3.44. The molecule has 1 aromatic heterocycles. The lowest BCUT2D eigenvalue weighted by Crippen LogP contribution is -2.47. The molecule has 2 rings (SSSR count). The minimum Gasteiger partial charge on any atom is -0.375 e. The van der Waals surface area contributed by atoms with Crippen molar-refractivity contribution in [2.24, 2.45) is 0 Å². The largest absolute Gasteiger partial charge is 0.375 e. The summed E-state index contributed by atoms with van der Waals surface area (Å²) >= 11 is 1.73. The van der Waals surface area contributed by atoms with Gasteiger partial charge in [0.25, 0.3) is 0 Å². The molecule has 1 fully saturated rings. The van der Waals surface area contributed by atoms with E-state index in [9.17, 15) is 0 Å². The summed E-state index contributed by atoms with van der Waals surface area (Å²) in [6.07, 6.45) is 6.32. The molecule has 1 saturated heterocycles. The number of hydrogen-bond donors (Lipinski definition) is 1. The van der Waals surface area contributed by atoms with E-state index < -0.39 is 0 Å². The van der Waals surface area contributed by atoms with Crippen molar-refractivity contribution < 1.29 is 4.74 Å².